The van der Waals surface area contributed by atoms with Crippen molar-refractivity contribution < 1.29 is 14.2 Å². The second-order valence-corrected chi connectivity index (χ2v) is 8.54. The van der Waals surface area contributed by atoms with E-state index in [0.29, 0.717) is 19.8 Å². The minimum Gasteiger partial charge on any atom is -0.494 e. The number of aliphatic imine (C=N–C) groups is 1. The van der Waals surface area contributed by atoms with Gasteiger partial charge >= 0.3 is 0 Å². The van der Waals surface area contributed by atoms with Gasteiger partial charge in [0.1, 0.15) is 12.4 Å². The molecule has 0 aromatic heterocycles. The van der Waals surface area contributed by atoms with Crippen molar-refractivity contribution in [2.75, 3.05) is 13.2 Å². The molecule has 0 bridgehead atoms. The maximum absolute atomic E-state index is 6.28. The molecule has 168 valence electrons. The van der Waals surface area contributed by atoms with E-state index in [2.05, 4.69) is 76.1 Å². The lowest BCUT2D eigenvalue weighted by molar-refractivity contribution is 0.268. The van der Waals surface area contributed by atoms with Crippen LogP contribution in [0.4, 0.5) is 5.69 Å². The summed E-state index contributed by atoms with van der Waals surface area (Å²) in [4.78, 5) is 4.60. The van der Waals surface area contributed by atoms with E-state index in [9.17, 15) is 0 Å². The monoisotopic (exact) mass is 551 g/mol. The fourth-order valence-corrected chi connectivity index (χ4v) is 4.36. The zero-order valence-electron chi connectivity index (χ0n) is 18.8. The van der Waals surface area contributed by atoms with Gasteiger partial charge in [-0.25, -0.2) is 0 Å². The van der Waals surface area contributed by atoms with Crippen molar-refractivity contribution in [1.29, 1.82) is 0 Å². The topological polar surface area (TPSA) is 40.0 Å². The van der Waals surface area contributed by atoms with Crippen molar-refractivity contribution in [2.24, 2.45) is 4.99 Å². The van der Waals surface area contributed by atoms with E-state index in [1.807, 2.05) is 50.4 Å². The Kier molecular flexibility index (Phi) is 7.83. The fraction of sp³-hybridized carbons (Fsp3) is 0.179. The quantitative estimate of drug-likeness (QED) is 0.159. The lowest BCUT2D eigenvalue weighted by Crippen LogP contribution is -2.03. The largest absolute Gasteiger partial charge is 0.494 e. The highest BCUT2D eigenvalue weighted by molar-refractivity contribution is 14.1. The van der Waals surface area contributed by atoms with Gasteiger partial charge in [0, 0.05) is 6.21 Å². The van der Waals surface area contributed by atoms with Crippen molar-refractivity contribution >= 4 is 45.3 Å². The van der Waals surface area contributed by atoms with E-state index in [1.165, 1.54) is 10.8 Å². The Bertz CT molecular complexity index is 1250. The zero-order chi connectivity index (χ0) is 23.0. The number of nitrogens with zero attached hydrogens (tertiary/aromatic N) is 1. The molecule has 0 heterocycles. The first-order valence-electron chi connectivity index (χ1n) is 11.0. The summed E-state index contributed by atoms with van der Waals surface area (Å²) in [6, 6.07) is 26.4. The average molecular weight is 551 g/mol. The van der Waals surface area contributed by atoms with Crippen LogP contribution in [0.1, 0.15) is 25.0 Å². The molecular weight excluding hydrogens is 525 g/mol. The minimum absolute atomic E-state index is 0.469. The Morgan fingerprint density at radius 2 is 1.58 bits per heavy atom. The number of hydrogen-bond donors (Lipinski definition) is 0. The molecule has 0 atom stereocenters. The summed E-state index contributed by atoms with van der Waals surface area (Å²) in [7, 11) is 0. The van der Waals surface area contributed by atoms with Crippen LogP contribution in [0.15, 0.2) is 83.9 Å². The average Bonchev–Trinajstić information content (AvgIpc) is 2.83. The van der Waals surface area contributed by atoms with Crippen molar-refractivity contribution in [3.8, 4) is 17.2 Å². The Morgan fingerprint density at radius 3 is 2.36 bits per heavy atom. The smallest absolute Gasteiger partial charge is 0.175 e. The molecule has 0 N–H and O–H groups in total. The van der Waals surface area contributed by atoms with Crippen LogP contribution in [0.3, 0.4) is 0 Å². The summed E-state index contributed by atoms with van der Waals surface area (Å²) in [6.07, 6.45) is 1.84. The van der Waals surface area contributed by atoms with Gasteiger partial charge in [0.15, 0.2) is 11.5 Å². The van der Waals surface area contributed by atoms with Gasteiger partial charge in [0.25, 0.3) is 0 Å². The summed E-state index contributed by atoms with van der Waals surface area (Å²) in [5, 5.41) is 2.41. The van der Waals surface area contributed by atoms with Crippen LogP contribution in [-0.4, -0.2) is 19.4 Å². The van der Waals surface area contributed by atoms with Crippen LogP contribution in [0.25, 0.3) is 10.8 Å². The first-order chi connectivity index (χ1) is 16.2. The van der Waals surface area contributed by atoms with Gasteiger partial charge in [-0.2, -0.15) is 0 Å². The predicted molar refractivity (Wildman–Crippen MR) is 143 cm³/mol. The molecule has 0 unspecified atom stereocenters. The highest BCUT2D eigenvalue weighted by Crippen LogP contribution is 2.35. The fourth-order valence-electron chi connectivity index (χ4n) is 3.58. The molecule has 0 saturated heterocycles. The summed E-state index contributed by atoms with van der Waals surface area (Å²) < 4.78 is 18.7. The summed E-state index contributed by atoms with van der Waals surface area (Å²) in [6.45, 7) is 5.62. The molecule has 4 aromatic rings. The molecule has 4 nitrogen and oxygen atoms in total. The van der Waals surface area contributed by atoms with E-state index < -0.39 is 0 Å². The van der Waals surface area contributed by atoms with Gasteiger partial charge in [0.05, 0.1) is 22.5 Å². The molecule has 33 heavy (non-hydrogen) atoms. The molecule has 0 aliphatic rings. The van der Waals surface area contributed by atoms with Crippen LogP contribution < -0.4 is 14.2 Å². The van der Waals surface area contributed by atoms with Gasteiger partial charge in [-0.1, -0.05) is 42.5 Å². The number of ether oxygens (including phenoxy) is 3. The maximum atomic E-state index is 6.28. The third-order valence-corrected chi connectivity index (χ3v) is 5.90. The van der Waals surface area contributed by atoms with Crippen LogP contribution in [-0.2, 0) is 6.61 Å². The number of halogens is 1. The van der Waals surface area contributed by atoms with Gasteiger partial charge < -0.3 is 14.2 Å². The van der Waals surface area contributed by atoms with Crippen molar-refractivity contribution in [3.05, 3.63) is 93.6 Å². The Labute approximate surface area is 208 Å². The second-order valence-electron chi connectivity index (χ2n) is 7.38. The number of benzene rings is 4. The van der Waals surface area contributed by atoms with E-state index in [0.717, 1.165) is 37.6 Å². The Balaban J connectivity index is 1.55. The first kappa shape index (κ1) is 23.1. The highest BCUT2D eigenvalue weighted by Gasteiger charge is 2.13. The number of fused-ring (bicyclic) bond motifs is 1. The molecule has 0 aliphatic heterocycles. The van der Waals surface area contributed by atoms with Gasteiger partial charge in [0.2, 0.25) is 0 Å². The third kappa shape index (κ3) is 5.85. The van der Waals surface area contributed by atoms with Crippen LogP contribution in [0.5, 0.6) is 17.2 Å². The molecule has 5 heteroatoms. The molecule has 4 rings (SSSR count). The highest BCUT2D eigenvalue weighted by atomic mass is 127. The van der Waals surface area contributed by atoms with E-state index in [1.54, 1.807) is 0 Å². The van der Waals surface area contributed by atoms with Crippen molar-refractivity contribution in [2.45, 2.75) is 20.5 Å². The molecule has 0 saturated carbocycles. The zero-order valence-corrected chi connectivity index (χ0v) is 20.9. The van der Waals surface area contributed by atoms with Gasteiger partial charge in [-0.15, -0.1) is 0 Å². The second kappa shape index (κ2) is 11.2. The number of hydrogen-bond acceptors (Lipinski definition) is 4. The Hall–Kier alpha value is -3.06. The van der Waals surface area contributed by atoms with Gasteiger partial charge in [-0.3, -0.25) is 4.99 Å². The maximum Gasteiger partial charge on any atom is 0.175 e. The third-order valence-electron chi connectivity index (χ3n) is 5.09. The number of rotatable bonds is 9. The van der Waals surface area contributed by atoms with E-state index >= 15 is 0 Å². The molecule has 0 aliphatic carbocycles. The minimum atomic E-state index is 0.469. The molecule has 0 spiro atoms. The van der Waals surface area contributed by atoms with Crippen LogP contribution >= 0.6 is 22.6 Å². The normalized spacial score (nSPS) is 11.1. The lowest BCUT2D eigenvalue weighted by atomic mass is 10.1. The van der Waals surface area contributed by atoms with Crippen LogP contribution in [0.2, 0.25) is 0 Å². The molecular formula is C28H26INO3. The van der Waals surface area contributed by atoms with Crippen molar-refractivity contribution in [3.63, 3.8) is 0 Å². The summed E-state index contributed by atoms with van der Waals surface area (Å²) in [5.74, 6) is 2.32. The van der Waals surface area contributed by atoms with Crippen LogP contribution in [0, 0.1) is 3.57 Å². The molecule has 0 radical (unpaired) electrons. The van der Waals surface area contributed by atoms with Gasteiger partial charge in [-0.05, 0) is 94.7 Å². The predicted octanol–water partition coefficient (Wildman–Crippen LogP) is 7.57. The summed E-state index contributed by atoms with van der Waals surface area (Å²) in [5.41, 5.74) is 2.96. The Morgan fingerprint density at radius 1 is 0.818 bits per heavy atom. The molecule has 0 amide bonds. The van der Waals surface area contributed by atoms with E-state index in [4.69, 9.17) is 14.2 Å². The molecule has 0 fully saturated rings. The SMILES string of the molecule is CCOc1ccc(N=Cc2cc(I)c(OCc3cccc4ccccc34)c(OCC)c2)cc1. The first-order valence-corrected chi connectivity index (χ1v) is 12.1. The standard InChI is InChI=1S/C28H26INO3/c1-3-31-24-14-12-23(13-15-24)30-18-20-16-26(29)28(27(17-20)32-4-2)33-19-22-10-7-9-21-8-5-6-11-25(21)22/h5-18H,3-4,19H2,1-2H3. The lowest BCUT2D eigenvalue weighted by Gasteiger charge is -2.15. The van der Waals surface area contributed by atoms with E-state index in [-0.39, 0.29) is 0 Å². The molecule has 4 aromatic carbocycles. The van der Waals surface area contributed by atoms with Crippen molar-refractivity contribution in [1.82, 2.24) is 0 Å². The summed E-state index contributed by atoms with van der Waals surface area (Å²) >= 11 is 2.30.